The highest BCUT2D eigenvalue weighted by Gasteiger charge is 2.30. The van der Waals surface area contributed by atoms with Crippen LogP contribution < -0.4 is 4.90 Å². The van der Waals surface area contributed by atoms with E-state index in [-0.39, 0.29) is 11.8 Å². The molecule has 0 radical (unpaired) electrons. The average Bonchev–Trinajstić information content (AvgIpc) is 2.56. The number of aromatic nitrogens is 2. The molecule has 3 heterocycles. The molecule has 21 heavy (non-hydrogen) atoms. The molecule has 0 bridgehead atoms. The van der Waals surface area contributed by atoms with Crippen LogP contribution in [0.25, 0.3) is 0 Å². The SMILES string of the molecule is O=C([C@H]1CCCN(c2ccc(Cl)nn2)C1)N1CCOCC1. The third kappa shape index (κ3) is 3.44. The van der Waals surface area contributed by atoms with Gasteiger partial charge >= 0.3 is 0 Å². The van der Waals surface area contributed by atoms with Gasteiger partial charge in [0.05, 0.1) is 19.1 Å². The highest BCUT2D eigenvalue weighted by molar-refractivity contribution is 6.29. The van der Waals surface area contributed by atoms with E-state index in [0.717, 1.165) is 25.2 Å². The smallest absolute Gasteiger partial charge is 0.227 e. The lowest BCUT2D eigenvalue weighted by Gasteiger charge is -2.36. The van der Waals surface area contributed by atoms with Gasteiger partial charge in [-0.3, -0.25) is 4.79 Å². The van der Waals surface area contributed by atoms with Crippen molar-refractivity contribution in [2.45, 2.75) is 12.8 Å². The number of nitrogens with zero attached hydrogens (tertiary/aromatic N) is 4. The van der Waals surface area contributed by atoms with Crippen molar-refractivity contribution in [2.24, 2.45) is 5.92 Å². The first-order valence-corrected chi connectivity index (χ1v) is 7.72. The van der Waals surface area contributed by atoms with E-state index in [4.69, 9.17) is 16.3 Å². The van der Waals surface area contributed by atoms with Crippen LogP contribution in [0.15, 0.2) is 12.1 Å². The summed E-state index contributed by atoms with van der Waals surface area (Å²) in [7, 11) is 0. The third-order valence-electron chi connectivity index (χ3n) is 4.04. The molecule has 0 aromatic carbocycles. The fourth-order valence-electron chi connectivity index (χ4n) is 2.91. The van der Waals surface area contributed by atoms with Crippen LogP contribution in [0, 0.1) is 5.92 Å². The zero-order chi connectivity index (χ0) is 14.7. The van der Waals surface area contributed by atoms with Crippen LogP contribution in [0.1, 0.15) is 12.8 Å². The Bertz CT molecular complexity index is 490. The average molecular weight is 311 g/mol. The number of morpholine rings is 1. The molecule has 2 saturated heterocycles. The minimum atomic E-state index is 0.0364. The predicted octanol–water partition coefficient (Wildman–Crippen LogP) is 1.21. The molecule has 0 unspecified atom stereocenters. The van der Waals surface area contributed by atoms with E-state index < -0.39 is 0 Å². The van der Waals surface area contributed by atoms with Crippen LogP contribution in [0.5, 0.6) is 0 Å². The van der Waals surface area contributed by atoms with Crippen molar-refractivity contribution >= 4 is 23.3 Å². The van der Waals surface area contributed by atoms with Crippen molar-refractivity contribution in [3.05, 3.63) is 17.3 Å². The molecule has 6 nitrogen and oxygen atoms in total. The second kappa shape index (κ2) is 6.58. The normalized spacial score (nSPS) is 23.2. The first kappa shape index (κ1) is 14.5. The third-order valence-corrected chi connectivity index (χ3v) is 4.24. The van der Waals surface area contributed by atoms with E-state index in [9.17, 15) is 4.79 Å². The number of hydrogen-bond donors (Lipinski definition) is 0. The fourth-order valence-corrected chi connectivity index (χ4v) is 3.01. The monoisotopic (exact) mass is 310 g/mol. The standard InChI is InChI=1S/C14H19ClN4O2/c15-12-3-4-13(17-16-12)19-5-1-2-11(10-19)14(20)18-6-8-21-9-7-18/h3-4,11H,1-2,5-10H2/t11-/m0/s1. The van der Waals surface area contributed by atoms with E-state index in [1.165, 1.54) is 0 Å². The molecule has 0 spiro atoms. The van der Waals surface area contributed by atoms with E-state index in [1.54, 1.807) is 6.07 Å². The van der Waals surface area contributed by atoms with Crippen molar-refractivity contribution < 1.29 is 9.53 Å². The summed E-state index contributed by atoms with van der Waals surface area (Å²) in [6.45, 7) is 4.30. The molecule has 114 valence electrons. The number of amides is 1. The second-order valence-electron chi connectivity index (χ2n) is 5.44. The molecule has 0 aliphatic carbocycles. The van der Waals surface area contributed by atoms with Crippen molar-refractivity contribution in [1.82, 2.24) is 15.1 Å². The first-order valence-electron chi connectivity index (χ1n) is 7.35. The number of piperidine rings is 1. The van der Waals surface area contributed by atoms with Crippen LogP contribution in [-0.4, -0.2) is 60.4 Å². The Hall–Kier alpha value is -1.40. The largest absolute Gasteiger partial charge is 0.378 e. The number of ether oxygens (including phenoxy) is 1. The van der Waals surface area contributed by atoms with E-state index in [2.05, 4.69) is 15.1 Å². The van der Waals surface area contributed by atoms with Crippen LogP contribution >= 0.6 is 11.6 Å². The molecule has 1 amide bonds. The van der Waals surface area contributed by atoms with Gasteiger partial charge in [-0.1, -0.05) is 11.6 Å². The maximum absolute atomic E-state index is 12.6. The highest BCUT2D eigenvalue weighted by atomic mass is 35.5. The Morgan fingerprint density at radius 3 is 2.76 bits per heavy atom. The molecule has 3 rings (SSSR count). The summed E-state index contributed by atoms with van der Waals surface area (Å²) >= 11 is 5.77. The van der Waals surface area contributed by atoms with Crippen LogP contribution in [0.3, 0.4) is 0 Å². The lowest BCUT2D eigenvalue weighted by molar-refractivity contribution is -0.139. The molecule has 7 heteroatoms. The van der Waals surface area contributed by atoms with Gasteiger partial charge < -0.3 is 14.5 Å². The minimum Gasteiger partial charge on any atom is -0.378 e. The summed E-state index contributed by atoms with van der Waals surface area (Å²) in [4.78, 5) is 16.6. The molecule has 0 saturated carbocycles. The van der Waals surface area contributed by atoms with Crippen molar-refractivity contribution in [2.75, 3.05) is 44.3 Å². The topological polar surface area (TPSA) is 58.6 Å². The van der Waals surface area contributed by atoms with E-state index in [0.29, 0.717) is 38.0 Å². The molecule has 1 aromatic heterocycles. The molecular formula is C14H19ClN4O2. The summed E-state index contributed by atoms with van der Waals surface area (Å²) < 4.78 is 5.30. The Labute approximate surface area is 129 Å². The van der Waals surface area contributed by atoms with E-state index >= 15 is 0 Å². The van der Waals surface area contributed by atoms with Crippen molar-refractivity contribution in [1.29, 1.82) is 0 Å². The van der Waals surface area contributed by atoms with Gasteiger partial charge in [0.25, 0.3) is 0 Å². The Morgan fingerprint density at radius 1 is 1.24 bits per heavy atom. The van der Waals surface area contributed by atoms with Crippen molar-refractivity contribution in [3.8, 4) is 0 Å². The van der Waals surface area contributed by atoms with Crippen LogP contribution in [0.2, 0.25) is 5.15 Å². The summed E-state index contributed by atoms with van der Waals surface area (Å²) in [5.74, 6) is 1.07. The minimum absolute atomic E-state index is 0.0364. The molecule has 2 aliphatic heterocycles. The van der Waals surface area contributed by atoms with Crippen LogP contribution in [0.4, 0.5) is 5.82 Å². The molecule has 2 aliphatic rings. The lowest BCUT2D eigenvalue weighted by atomic mass is 9.96. The maximum atomic E-state index is 12.6. The van der Waals surface area contributed by atoms with Gasteiger partial charge in [0, 0.05) is 26.2 Å². The van der Waals surface area contributed by atoms with Gasteiger partial charge in [0.1, 0.15) is 0 Å². The van der Waals surface area contributed by atoms with Crippen molar-refractivity contribution in [3.63, 3.8) is 0 Å². The van der Waals surface area contributed by atoms with Gasteiger partial charge in [-0.15, -0.1) is 10.2 Å². The zero-order valence-electron chi connectivity index (χ0n) is 11.9. The number of carbonyl (C=O) groups is 1. The van der Waals surface area contributed by atoms with E-state index in [1.807, 2.05) is 11.0 Å². The number of anilines is 1. The number of hydrogen-bond acceptors (Lipinski definition) is 5. The second-order valence-corrected chi connectivity index (χ2v) is 5.82. The van der Waals surface area contributed by atoms with Gasteiger partial charge in [0.15, 0.2) is 11.0 Å². The summed E-state index contributed by atoms with van der Waals surface area (Å²) in [6, 6.07) is 3.59. The van der Waals surface area contributed by atoms with Gasteiger partial charge in [-0.2, -0.15) is 0 Å². The summed E-state index contributed by atoms with van der Waals surface area (Å²) in [5, 5.41) is 8.37. The lowest BCUT2D eigenvalue weighted by Crippen LogP contribution is -2.48. The number of carbonyl (C=O) groups excluding carboxylic acids is 1. The Morgan fingerprint density at radius 2 is 2.05 bits per heavy atom. The van der Waals surface area contributed by atoms with Gasteiger partial charge in [0.2, 0.25) is 5.91 Å². The Balaban J connectivity index is 1.64. The summed E-state index contributed by atoms with van der Waals surface area (Å²) in [6.07, 6.45) is 1.93. The fraction of sp³-hybridized carbons (Fsp3) is 0.643. The van der Waals surface area contributed by atoms with Gasteiger partial charge in [-0.25, -0.2) is 0 Å². The highest BCUT2D eigenvalue weighted by Crippen LogP contribution is 2.23. The molecule has 1 aromatic rings. The molecule has 1 atom stereocenters. The maximum Gasteiger partial charge on any atom is 0.227 e. The number of halogens is 1. The molecular weight excluding hydrogens is 292 g/mol. The Kier molecular flexibility index (Phi) is 4.55. The first-order chi connectivity index (χ1) is 10.2. The molecule has 2 fully saturated rings. The molecule has 0 N–H and O–H groups in total. The van der Waals surface area contributed by atoms with Gasteiger partial charge in [-0.05, 0) is 25.0 Å². The predicted molar refractivity (Wildman–Crippen MR) is 79.4 cm³/mol. The zero-order valence-corrected chi connectivity index (χ0v) is 12.6. The van der Waals surface area contributed by atoms with Crippen LogP contribution in [-0.2, 0) is 9.53 Å². The quantitative estimate of drug-likeness (QED) is 0.821. The summed E-state index contributed by atoms with van der Waals surface area (Å²) in [5.41, 5.74) is 0. The number of rotatable bonds is 2.